The largest absolute Gasteiger partial charge is 0.354 e. The molecule has 1 unspecified atom stereocenters. The maximum atomic E-state index is 13.1. The van der Waals surface area contributed by atoms with Crippen molar-refractivity contribution >= 4 is 27.5 Å². The third-order valence-electron chi connectivity index (χ3n) is 5.49. The average molecular weight is 396 g/mol. The number of nitrogens with zero attached hydrogens (tertiary/aromatic N) is 2. The summed E-state index contributed by atoms with van der Waals surface area (Å²) in [4.78, 5) is 32.3. The van der Waals surface area contributed by atoms with Crippen molar-refractivity contribution in [3.63, 3.8) is 0 Å². The predicted octanol–water partition coefficient (Wildman–Crippen LogP) is 3.25. The highest BCUT2D eigenvalue weighted by atomic mass is 32.1. The van der Waals surface area contributed by atoms with E-state index in [0.29, 0.717) is 18.3 Å². The SMILES string of the molecule is Cc1nc2sc3c(c2c(=O)n1CC(=O)NCCc1ccccc1)CCC(C)C3. The van der Waals surface area contributed by atoms with Crippen LogP contribution in [0, 0.1) is 12.8 Å². The van der Waals surface area contributed by atoms with Crippen molar-refractivity contribution in [3.8, 4) is 0 Å². The second kappa shape index (κ2) is 7.87. The highest BCUT2D eigenvalue weighted by Crippen LogP contribution is 2.35. The van der Waals surface area contributed by atoms with Crippen LogP contribution in [0.2, 0.25) is 0 Å². The van der Waals surface area contributed by atoms with Gasteiger partial charge >= 0.3 is 0 Å². The number of aryl methyl sites for hydroxylation is 2. The summed E-state index contributed by atoms with van der Waals surface area (Å²) < 4.78 is 1.52. The van der Waals surface area contributed by atoms with Crippen molar-refractivity contribution in [1.29, 1.82) is 0 Å². The number of fused-ring (bicyclic) bond motifs is 3. The molecule has 2 heterocycles. The van der Waals surface area contributed by atoms with Gasteiger partial charge in [0, 0.05) is 11.4 Å². The van der Waals surface area contributed by atoms with Crippen LogP contribution in [0.25, 0.3) is 10.2 Å². The molecule has 0 spiro atoms. The van der Waals surface area contributed by atoms with Crippen LogP contribution >= 0.6 is 11.3 Å². The normalized spacial score (nSPS) is 16.1. The number of rotatable bonds is 5. The van der Waals surface area contributed by atoms with E-state index < -0.39 is 0 Å². The molecule has 1 atom stereocenters. The van der Waals surface area contributed by atoms with Crippen LogP contribution in [-0.4, -0.2) is 22.0 Å². The van der Waals surface area contributed by atoms with Gasteiger partial charge in [0.2, 0.25) is 5.91 Å². The summed E-state index contributed by atoms with van der Waals surface area (Å²) in [6, 6.07) is 10.0. The first-order valence-corrected chi connectivity index (χ1v) is 10.7. The topological polar surface area (TPSA) is 64.0 Å². The van der Waals surface area contributed by atoms with Crippen LogP contribution in [0.4, 0.5) is 0 Å². The Morgan fingerprint density at radius 3 is 2.89 bits per heavy atom. The first kappa shape index (κ1) is 18.9. The molecule has 2 aromatic heterocycles. The van der Waals surface area contributed by atoms with E-state index >= 15 is 0 Å². The second-order valence-corrected chi connectivity index (χ2v) is 8.75. The predicted molar refractivity (Wildman–Crippen MR) is 113 cm³/mol. The molecular weight excluding hydrogens is 370 g/mol. The van der Waals surface area contributed by atoms with Crippen molar-refractivity contribution in [1.82, 2.24) is 14.9 Å². The molecule has 146 valence electrons. The number of carbonyl (C=O) groups is 1. The molecule has 28 heavy (non-hydrogen) atoms. The van der Waals surface area contributed by atoms with Gasteiger partial charge < -0.3 is 5.32 Å². The maximum absolute atomic E-state index is 13.1. The van der Waals surface area contributed by atoms with Crippen molar-refractivity contribution < 1.29 is 4.79 Å². The highest BCUT2D eigenvalue weighted by Gasteiger charge is 2.24. The van der Waals surface area contributed by atoms with E-state index in [4.69, 9.17) is 0 Å². The molecular formula is C22H25N3O2S. The number of benzene rings is 1. The Morgan fingerprint density at radius 2 is 2.11 bits per heavy atom. The molecule has 0 aliphatic heterocycles. The monoisotopic (exact) mass is 395 g/mol. The lowest BCUT2D eigenvalue weighted by atomic mass is 9.89. The fraction of sp³-hybridized carbons (Fsp3) is 0.409. The molecule has 0 saturated heterocycles. The van der Waals surface area contributed by atoms with Gasteiger partial charge in [0.25, 0.3) is 5.56 Å². The zero-order valence-electron chi connectivity index (χ0n) is 16.3. The Hall–Kier alpha value is -2.47. The Labute approximate surface area is 168 Å². The molecule has 1 N–H and O–H groups in total. The highest BCUT2D eigenvalue weighted by molar-refractivity contribution is 7.18. The summed E-state index contributed by atoms with van der Waals surface area (Å²) in [5, 5.41) is 3.65. The lowest BCUT2D eigenvalue weighted by Gasteiger charge is -2.17. The van der Waals surface area contributed by atoms with Gasteiger partial charge in [0.15, 0.2) is 0 Å². The van der Waals surface area contributed by atoms with Gasteiger partial charge in [-0.25, -0.2) is 4.98 Å². The summed E-state index contributed by atoms with van der Waals surface area (Å²) in [6.45, 7) is 4.63. The summed E-state index contributed by atoms with van der Waals surface area (Å²) >= 11 is 1.65. The van der Waals surface area contributed by atoms with E-state index in [1.807, 2.05) is 30.3 Å². The molecule has 0 bridgehead atoms. The molecule has 0 fully saturated rings. The Bertz CT molecular complexity index is 1070. The van der Waals surface area contributed by atoms with E-state index in [2.05, 4.69) is 17.2 Å². The fourth-order valence-corrected chi connectivity index (χ4v) is 5.32. The van der Waals surface area contributed by atoms with Crippen LogP contribution < -0.4 is 10.9 Å². The molecule has 1 aliphatic rings. The van der Waals surface area contributed by atoms with Gasteiger partial charge in [0.05, 0.1) is 5.39 Å². The van der Waals surface area contributed by atoms with E-state index in [1.54, 1.807) is 18.3 Å². The van der Waals surface area contributed by atoms with E-state index in [-0.39, 0.29) is 18.0 Å². The molecule has 4 rings (SSSR count). The summed E-state index contributed by atoms with van der Waals surface area (Å²) in [5.74, 6) is 1.10. The van der Waals surface area contributed by atoms with Gasteiger partial charge in [-0.3, -0.25) is 14.2 Å². The third kappa shape index (κ3) is 3.74. The Morgan fingerprint density at radius 1 is 1.32 bits per heavy atom. The summed E-state index contributed by atoms with van der Waals surface area (Å²) in [5.41, 5.74) is 2.26. The molecule has 1 aliphatic carbocycles. The maximum Gasteiger partial charge on any atom is 0.263 e. The third-order valence-corrected chi connectivity index (χ3v) is 6.63. The van der Waals surface area contributed by atoms with Crippen LogP contribution in [0.15, 0.2) is 35.1 Å². The van der Waals surface area contributed by atoms with Crippen LogP contribution in [0.3, 0.4) is 0 Å². The molecule has 1 amide bonds. The lowest BCUT2D eigenvalue weighted by Crippen LogP contribution is -2.35. The minimum absolute atomic E-state index is 0.0173. The second-order valence-electron chi connectivity index (χ2n) is 7.67. The quantitative estimate of drug-likeness (QED) is 0.721. The van der Waals surface area contributed by atoms with Crippen molar-refractivity contribution in [3.05, 3.63) is 62.5 Å². The van der Waals surface area contributed by atoms with Gasteiger partial charge in [-0.1, -0.05) is 37.3 Å². The molecule has 0 radical (unpaired) electrons. The lowest BCUT2D eigenvalue weighted by molar-refractivity contribution is -0.121. The minimum Gasteiger partial charge on any atom is -0.354 e. The first-order chi connectivity index (χ1) is 13.5. The van der Waals surface area contributed by atoms with Gasteiger partial charge in [0.1, 0.15) is 17.2 Å². The van der Waals surface area contributed by atoms with Crippen molar-refractivity contribution in [2.75, 3.05) is 6.54 Å². The average Bonchev–Trinajstić information content (AvgIpc) is 3.03. The number of nitrogens with one attached hydrogen (secondary N) is 1. The van der Waals surface area contributed by atoms with Gasteiger partial charge in [-0.05, 0) is 49.7 Å². The van der Waals surface area contributed by atoms with Gasteiger partial charge in [-0.15, -0.1) is 11.3 Å². The van der Waals surface area contributed by atoms with Crippen LogP contribution in [0.1, 0.15) is 35.2 Å². The molecule has 0 saturated carbocycles. The number of hydrogen-bond donors (Lipinski definition) is 1. The zero-order valence-corrected chi connectivity index (χ0v) is 17.1. The zero-order chi connectivity index (χ0) is 19.7. The molecule has 1 aromatic carbocycles. The fourth-order valence-electron chi connectivity index (χ4n) is 3.90. The Balaban J connectivity index is 1.52. The molecule has 6 heteroatoms. The summed E-state index contributed by atoms with van der Waals surface area (Å²) in [6.07, 6.45) is 3.83. The number of hydrogen-bond acceptors (Lipinski definition) is 4. The number of aromatic nitrogens is 2. The Kier molecular flexibility index (Phi) is 5.31. The minimum atomic E-state index is -0.153. The summed E-state index contributed by atoms with van der Waals surface area (Å²) in [7, 11) is 0. The van der Waals surface area contributed by atoms with E-state index in [1.165, 1.54) is 15.0 Å². The smallest absolute Gasteiger partial charge is 0.263 e. The molecule has 3 aromatic rings. The van der Waals surface area contributed by atoms with Gasteiger partial charge in [-0.2, -0.15) is 0 Å². The standard InChI is InChI=1S/C22H25N3O2S/c1-14-8-9-17-18(12-14)28-21-20(17)22(27)25(15(2)24-21)13-19(26)23-11-10-16-6-4-3-5-7-16/h3-7,14H,8-13H2,1-2H3,(H,23,26). The number of amides is 1. The van der Waals surface area contributed by atoms with Crippen LogP contribution in [-0.2, 0) is 30.6 Å². The van der Waals surface area contributed by atoms with Crippen molar-refractivity contribution in [2.45, 2.75) is 46.1 Å². The van der Waals surface area contributed by atoms with E-state index in [9.17, 15) is 9.59 Å². The van der Waals surface area contributed by atoms with E-state index in [0.717, 1.165) is 41.5 Å². The molecule has 5 nitrogen and oxygen atoms in total. The first-order valence-electron chi connectivity index (χ1n) is 9.85. The number of thiophene rings is 1. The van der Waals surface area contributed by atoms with Crippen LogP contribution in [0.5, 0.6) is 0 Å². The number of carbonyl (C=O) groups excluding carboxylic acids is 1. The van der Waals surface area contributed by atoms with Crippen molar-refractivity contribution in [2.24, 2.45) is 5.92 Å².